The number of anilines is 1. The summed E-state index contributed by atoms with van der Waals surface area (Å²) in [7, 11) is -3.78. The van der Waals surface area contributed by atoms with Gasteiger partial charge in [-0.1, -0.05) is 16.8 Å². The van der Waals surface area contributed by atoms with Crippen LogP contribution in [0.15, 0.2) is 53.4 Å². The fourth-order valence-electron chi connectivity index (χ4n) is 2.28. The fraction of sp³-hybridized carbons (Fsp3) is 0.0625. The highest BCUT2D eigenvalue weighted by Crippen LogP contribution is 2.17. The van der Waals surface area contributed by atoms with Crippen molar-refractivity contribution in [3.8, 4) is 5.69 Å². The minimum Gasteiger partial charge on any atom is -0.321 e. The van der Waals surface area contributed by atoms with E-state index in [1.54, 1.807) is 31.2 Å². The number of halogens is 1. The first-order valence-corrected chi connectivity index (χ1v) is 9.30. The van der Waals surface area contributed by atoms with Gasteiger partial charge in [0.05, 0.1) is 16.3 Å². The van der Waals surface area contributed by atoms with Crippen LogP contribution in [0.1, 0.15) is 16.2 Å². The smallest absolute Gasteiger partial charge is 0.278 e. The van der Waals surface area contributed by atoms with Crippen LogP contribution in [0, 0.1) is 6.92 Å². The number of nitrogens with zero attached hydrogens (tertiary/aromatic N) is 3. The maximum Gasteiger partial charge on any atom is 0.278 e. The molecule has 1 aromatic heterocycles. The van der Waals surface area contributed by atoms with Crippen molar-refractivity contribution >= 4 is 33.2 Å². The van der Waals surface area contributed by atoms with Gasteiger partial charge in [-0.3, -0.25) is 4.79 Å². The molecule has 3 rings (SSSR count). The Kier molecular flexibility index (Phi) is 4.77. The molecule has 0 aliphatic carbocycles. The van der Waals surface area contributed by atoms with Crippen LogP contribution in [-0.4, -0.2) is 29.3 Å². The van der Waals surface area contributed by atoms with Gasteiger partial charge in [0.1, 0.15) is 0 Å². The van der Waals surface area contributed by atoms with E-state index in [4.69, 9.17) is 16.7 Å². The van der Waals surface area contributed by atoms with Crippen molar-refractivity contribution in [2.24, 2.45) is 5.14 Å². The zero-order chi connectivity index (χ0) is 18.9. The molecule has 0 unspecified atom stereocenters. The summed E-state index contributed by atoms with van der Waals surface area (Å²) in [5, 5.41) is 16.2. The van der Waals surface area contributed by atoms with Gasteiger partial charge in [-0.2, -0.15) is 0 Å². The predicted octanol–water partition coefficient (Wildman–Crippen LogP) is 2.13. The molecule has 2 aromatic carbocycles. The van der Waals surface area contributed by atoms with Gasteiger partial charge < -0.3 is 5.32 Å². The van der Waals surface area contributed by atoms with E-state index in [0.29, 0.717) is 22.1 Å². The quantitative estimate of drug-likeness (QED) is 0.705. The number of nitrogens with one attached hydrogen (secondary N) is 1. The number of hydrogen-bond donors (Lipinski definition) is 2. The number of sulfonamides is 1. The Balaban J connectivity index is 1.85. The number of benzene rings is 2. The van der Waals surface area contributed by atoms with Gasteiger partial charge in [0.15, 0.2) is 5.69 Å². The van der Waals surface area contributed by atoms with Crippen LogP contribution >= 0.6 is 11.6 Å². The first-order chi connectivity index (χ1) is 12.3. The lowest BCUT2D eigenvalue weighted by molar-refractivity contribution is 0.102. The molecule has 26 heavy (non-hydrogen) atoms. The zero-order valence-electron chi connectivity index (χ0n) is 13.5. The molecule has 0 bridgehead atoms. The average molecular weight is 392 g/mol. The fourth-order valence-corrected chi connectivity index (χ4v) is 2.93. The van der Waals surface area contributed by atoms with Gasteiger partial charge in [-0.25, -0.2) is 18.2 Å². The van der Waals surface area contributed by atoms with Crippen LogP contribution in [-0.2, 0) is 10.0 Å². The Bertz CT molecular complexity index is 1060. The number of carbonyl (C=O) groups is 1. The number of amides is 1. The summed E-state index contributed by atoms with van der Waals surface area (Å²) in [4.78, 5) is 12.4. The molecule has 0 saturated carbocycles. The number of carbonyl (C=O) groups excluding carboxylic acids is 1. The summed E-state index contributed by atoms with van der Waals surface area (Å²) in [6.45, 7) is 1.68. The summed E-state index contributed by atoms with van der Waals surface area (Å²) >= 11 is 5.82. The van der Waals surface area contributed by atoms with Crippen molar-refractivity contribution in [3.05, 3.63) is 64.9 Å². The van der Waals surface area contributed by atoms with E-state index in [2.05, 4.69) is 15.6 Å². The lowest BCUT2D eigenvalue weighted by Crippen LogP contribution is -2.14. The van der Waals surface area contributed by atoms with Gasteiger partial charge in [0.2, 0.25) is 10.0 Å². The molecule has 0 fully saturated rings. The number of aromatic nitrogens is 3. The minimum atomic E-state index is -3.78. The SMILES string of the molecule is Cc1c(C(=O)Nc2ccc(Cl)cc2)nnn1-c1ccc(S(N)(=O)=O)cc1. The Morgan fingerprint density at radius 1 is 1.12 bits per heavy atom. The summed E-state index contributed by atoms with van der Waals surface area (Å²) in [5.74, 6) is -0.419. The normalized spacial score (nSPS) is 11.3. The van der Waals surface area contributed by atoms with E-state index >= 15 is 0 Å². The van der Waals surface area contributed by atoms with Gasteiger partial charge >= 0.3 is 0 Å². The van der Waals surface area contributed by atoms with E-state index in [1.807, 2.05) is 0 Å². The standard InChI is InChI=1S/C16H14ClN5O3S/c1-10-15(16(23)19-12-4-2-11(17)3-5-12)20-21-22(10)13-6-8-14(9-7-13)26(18,24)25/h2-9H,1H3,(H,19,23)(H2,18,24,25). The van der Waals surface area contributed by atoms with E-state index in [0.717, 1.165) is 0 Å². The summed E-state index contributed by atoms with van der Waals surface area (Å²) in [6, 6.07) is 12.4. The Labute approximate surface area is 154 Å². The molecule has 0 saturated heterocycles. The molecule has 0 aliphatic rings. The van der Waals surface area contributed by atoms with Crippen LogP contribution in [0.25, 0.3) is 5.69 Å². The second-order valence-electron chi connectivity index (χ2n) is 5.44. The number of hydrogen-bond acceptors (Lipinski definition) is 5. The third kappa shape index (κ3) is 3.74. The Hall–Kier alpha value is -2.75. The monoisotopic (exact) mass is 391 g/mol. The first-order valence-electron chi connectivity index (χ1n) is 7.38. The topological polar surface area (TPSA) is 120 Å². The second-order valence-corrected chi connectivity index (χ2v) is 7.43. The van der Waals surface area contributed by atoms with Gasteiger partial charge in [0.25, 0.3) is 5.91 Å². The first kappa shape index (κ1) is 18.1. The highest BCUT2D eigenvalue weighted by molar-refractivity contribution is 7.89. The van der Waals surface area contributed by atoms with Crippen LogP contribution in [0.5, 0.6) is 0 Å². The zero-order valence-corrected chi connectivity index (χ0v) is 15.1. The van der Waals surface area contributed by atoms with Crippen molar-refractivity contribution in [1.82, 2.24) is 15.0 Å². The van der Waals surface area contributed by atoms with E-state index in [-0.39, 0.29) is 10.6 Å². The molecular weight excluding hydrogens is 378 g/mol. The van der Waals surface area contributed by atoms with Gasteiger partial charge in [-0.15, -0.1) is 5.10 Å². The molecule has 10 heteroatoms. The molecule has 0 radical (unpaired) electrons. The van der Waals surface area contributed by atoms with Crippen molar-refractivity contribution in [2.75, 3.05) is 5.32 Å². The summed E-state index contributed by atoms with van der Waals surface area (Å²) in [5.41, 5.74) is 1.77. The average Bonchev–Trinajstić information content (AvgIpc) is 2.98. The Morgan fingerprint density at radius 3 is 2.31 bits per heavy atom. The van der Waals surface area contributed by atoms with Crippen molar-refractivity contribution < 1.29 is 13.2 Å². The van der Waals surface area contributed by atoms with E-state index in [9.17, 15) is 13.2 Å². The third-order valence-electron chi connectivity index (χ3n) is 3.62. The van der Waals surface area contributed by atoms with Gasteiger partial charge in [-0.05, 0) is 55.5 Å². The van der Waals surface area contributed by atoms with Gasteiger partial charge in [0, 0.05) is 10.7 Å². The lowest BCUT2D eigenvalue weighted by atomic mass is 10.2. The van der Waals surface area contributed by atoms with Crippen molar-refractivity contribution in [2.45, 2.75) is 11.8 Å². The van der Waals surface area contributed by atoms with E-state index < -0.39 is 15.9 Å². The molecule has 0 atom stereocenters. The molecule has 0 aliphatic heterocycles. The molecular formula is C16H14ClN5O3S. The van der Waals surface area contributed by atoms with Crippen molar-refractivity contribution in [3.63, 3.8) is 0 Å². The molecule has 1 amide bonds. The molecule has 3 aromatic rings. The van der Waals surface area contributed by atoms with Crippen LogP contribution < -0.4 is 10.5 Å². The van der Waals surface area contributed by atoms with Crippen LogP contribution in [0.4, 0.5) is 5.69 Å². The Morgan fingerprint density at radius 2 is 1.73 bits per heavy atom. The number of rotatable bonds is 4. The summed E-state index contributed by atoms with van der Waals surface area (Å²) < 4.78 is 24.1. The molecule has 134 valence electrons. The highest BCUT2D eigenvalue weighted by atomic mass is 35.5. The minimum absolute atomic E-state index is 0.0141. The lowest BCUT2D eigenvalue weighted by Gasteiger charge is -2.06. The third-order valence-corrected chi connectivity index (χ3v) is 4.80. The second kappa shape index (κ2) is 6.87. The van der Waals surface area contributed by atoms with Crippen molar-refractivity contribution in [1.29, 1.82) is 0 Å². The molecule has 1 heterocycles. The predicted molar refractivity (Wildman–Crippen MR) is 96.9 cm³/mol. The maximum atomic E-state index is 12.4. The van der Waals surface area contributed by atoms with Crippen LogP contribution in [0.3, 0.4) is 0 Å². The largest absolute Gasteiger partial charge is 0.321 e. The molecule has 3 N–H and O–H groups in total. The number of primary sulfonamides is 1. The molecule has 8 nitrogen and oxygen atoms in total. The summed E-state index contributed by atoms with van der Waals surface area (Å²) in [6.07, 6.45) is 0. The van der Waals surface area contributed by atoms with E-state index in [1.165, 1.54) is 28.9 Å². The van der Waals surface area contributed by atoms with Crippen LogP contribution in [0.2, 0.25) is 5.02 Å². The molecule has 0 spiro atoms. The maximum absolute atomic E-state index is 12.4. The highest BCUT2D eigenvalue weighted by Gasteiger charge is 2.18. The number of nitrogens with two attached hydrogens (primary N) is 1.